The lowest BCUT2D eigenvalue weighted by atomic mass is 9.90. The van der Waals surface area contributed by atoms with Gasteiger partial charge in [0.25, 0.3) is 5.91 Å². The molecule has 1 unspecified atom stereocenters. The zero-order chi connectivity index (χ0) is 16.4. The molecule has 1 aliphatic heterocycles. The second-order valence-electron chi connectivity index (χ2n) is 5.77. The van der Waals surface area contributed by atoms with Crippen molar-refractivity contribution in [1.82, 2.24) is 0 Å². The zero-order valence-electron chi connectivity index (χ0n) is 12.8. The fourth-order valence-corrected chi connectivity index (χ4v) is 3.01. The fraction of sp³-hybridized carbons (Fsp3) is 0.222. The van der Waals surface area contributed by atoms with Gasteiger partial charge in [0.15, 0.2) is 5.60 Å². The smallest absolute Gasteiger partial charge is 0.264 e. The first kappa shape index (κ1) is 15.2. The minimum Gasteiger partial charge on any atom is -0.411 e. The molecule has 23 heavy (non-hydrogen) atoms. The van der Waals surface area contributed by atoms with Gasteiger partial charge in [0.2, 0.25) is 0 Å². The first-order valence-corrected chi connectivity index (χ1v) is 7.41. The van der Waals surface area contributed by atoms with Crippen molar-refractivity contribution in [3.8, 4) is 0 Å². The maximum Gasteiger partial charge on any atom is 0.264 e. The molecule has 2 aromatic rings. The van der Waals surface area contributed by atoms with Crippen LogP contribution in [0.25, 0.3) is 0 Å². The van der Waals surface area contributed by atoms with E-state index in [2.05, 4.69) is 5.16 Å². The SMILES string of the molecule is C/C(CC1(O)C(=O)N(Cc2ccccc2)c2ccccc21)=N/O. The van der Waals surface area contributed by atoms with Crippen molar-refractivity contribution in [2.75, 3.05) is 4.90 Å². The number of rotatable bonds is 4. The Hall–Kier alpha value is -2.66. The normalized spacial score (nSPS) is 20.7. The topological polar surface area (TPSA) is 73.1 Å². The number of benzene rings is 2. The highest BCUT2D eigenvalue weighted by molar-refractivity contribution is 6.09. The van der Waals surface area contributed by atoms with Gasteiger partial charge in [-0.05, 0) is 18.6 Å². The quantitative estimate of drug-likeness (QED) is 0.518. The number of carbonyl (C=O) groups excluding carboxylic acids is 1. The molecule has 2 N–H and O–H groups in total. The Bertz CT molecular complexity index is 758. The Labute approximate surface area is 134 Å². The van der Waals surface area contributed by atoms with E-state index < -0.39 is 11.5 Å². The van der Waals surface area contributed by atoms with Crippen LogP contribution in [0.4, 0.5) is 5.69 Å². The highest BCUT2D eigenvalue weighted by Gasteiger charge is 2.49. The summed E-state index contributed by atoms with van der Waals surface area (Å²) in [5.74, 6) is -0.398. The molecule has 0 radical (unpaired) electrons. The molecule has 0 bridgehead atoms. The molecule has 0 spiro atoms. The maximum atomic E-state index is 12.9. The average Bonchev–Trinajstić information content (AvgIpc) is 2.78. The molecule has 1 amide bonds. The van der Waals surface area contributed by atoms with Crippen LogP contribution in [0, 0.1) is 0 Å². The molecule has 0 saturated carbocycles. The molecule has 1 atom stereocenters. The summed E-state index contributed by atoms with van der Waals surface area (Å²) in [5.41, 5.74) is 0.824. The van der Waals surface area contributed by atoms with Gasteiger partial charge in [-0.2, -0.15) is 0 Å². The molecule has 0 aliphatic carbocycles. The number of hydrogen-bond acceptors (Lipinski definition) is 4. The fourth-order valence-electron chi connectivity index (χ4n) is 3.01. The highest BCUT2D eigenvalue weighted by Crippen LogP contribution is 2.43. The Morgan fingerprint density at radius 2 is 1.78 bits per heavy atom. The van der Waals surface area contributed by atoms with Crippen molar-refractivity contribution in [3.63, 3.8) is 0 Å². The number of aliphatic hydroxyl groups is 1. The van der Waals surface area contributed by atoms with E-state index >= 15 is 0 Å². The highest BCUT2D eigenvalue weighted by atomic mass is 16.4. The first-order chi connectivity index (χ1) is 11.1. The predicted molar refractivity (Wildman–Crippen MR) is 87.5 cm³/mol. The van der Waals surface area contributed by atoms with Gasteiger partial charge in [0, 0.05) is 12.0 Å². The van der Waals surface area contributed by atoms with Crippen molar-refractivity contribution >= 4 is 17.3 Å². The monoisotopic (exact) mass is 310 g/mol. The van der Waals surface area contributed by atoms with Crippen LogP contribution in [0.1, 0.15) is 24.5 Å². The Morgan fingerprint density at radius 3 is 2.48 bits per heavy atom. The lowest BCUT2D eigenvalue weighted by Gasteiger charge is -2.23. The lowest BCUT2D eigenvalue weighted by Crippen LogP contribution is -2.41. The van der Waals surface area contributed by atoms with Crippen LogP contribution >= 0.6 is 0 Å². The molecule has 3 rings (SSSR count). The van der Waals surface area contributed by atoms with E-state index in [1.807, 2.05) is 42.5 Å². The van der Waals surface area contributed by atoms with E-state index in [4.69, 9.17) is 5.21 Å². The van der Waals surface area contributed by atoms with E-state index in [0.29, 0.717) is 23.5 Å². The van der Waals surface area contributed by atoms with Gasteiger partial charge in [0.05, 0.1) is 17.9 Å². The van der Waals surface area contributed by atoms with Gasteiger partial charge in [0.1, 0.15) is 0 Å². The third-order valence-corrected chi connectivity index (χ3v) is 4.11. The lowest BCUT2D eigenvalue weighted by molar-refractivity contribution is -0.135. The largest absolute Gasteiger partial charge is 0.411 e. The molecule has 1 heterocycles. The molecule has 0 fully saturated rings. The number of hydrogen-bond donors (Lipinski definition) is 2. The van der Waals surface area contributed by atoms with Crippen molar-refractivity contribution in [1.29, 1.82) is 0 Å². The molecule has 0 aromatic heterocycles. The summed E-state index contributed by atoms with van der Waals surface area (Å²) in [6, 6.07) is 16.8. The second-order valence-corrected chi connectivity index (χ2v) is 5.77. The molecule has 5 heteroatoms. The molecule has 5 nitrogen and oxygen atoms in total. The van der Waals surface area contributed by atoms with Gasteiger partial charge in [-0.3, -0.25) is 4.79 Å². The number of nitrogens with zero attached hydrogens (tertiary/aromatic N) is 2. The number of carbonyl (C=O) groups is 1. The summed E-state index contributed by atoms with van der Waals surface area (Å²) in [6.45, 7) is 1.96. The standard InChI is InChI=1S/C18H18N2O3/c1-13(19-23)11-18(22)15-9-5-6-10-16(15)20(17(18)21)12-14-7-3-2-4-8-14/h2-10,22-23H,11-12H2,1H3/b19-13-. The number of anilines is 1. The summed E-state index contributed by atoms with van der Waals surface area (Å²) in [4.78, 5) is 14.5. The van der Waals surface area contributed by atoms with Crippen LogP contribution in [0.5, 0.6) is 0 Å². The molecule has 118 valence electrons. The minimum atomic E-state index is -1.69. The van der Waals surface area contributed by atoms with Crippen LogP contribution in [0.2, 0.25) is 0 Å². The van der Waals surface area contributed by atoms with Crippen LogP contribution in [-0.4, -0.2) is 21.9 Å². The maximum absolute atomic E-state index is 12.9. The number of oxime groups is 1. The molecule has 2 aromatic carbocycles. The summed E-state index contributed by atoms with van der Waals surface area (Å²) in [6.07, 6.45) is -0.0371. The van der Waals surface area contributed by atoms with Gasteiger partial charge < -0.3 is 15.2 Å². The summed E-state index contributed by atoms with van der Waals surface area (Å²) >= 11 is 0. The van der Waals surface area contributed by atoms with Crippen LogP contribution in [-0.2, 0) is 16.9 Å². The van der Waals surface area contributed by atoms with Crippen molar-refractivity contribution in [2.24, 2.45) is 5.16 Å². The van der Waals surface area contributed by atoms with Crippen LogP contribution in [0.3, 0.4) is 0 Å². The van der Waals surface area contributed by atoms with Crippen molar-refractivity contribution < 1.29 is 15.1 Å². The Morgan fingerprint density at radius 1 is 1.13 bits per heavy atom. The zero-order valence-corrected chi connectivity index (χ0v) is 12.8. The number of amides is 1. The van der Waals surface area contributed by atoms with E-state index in [1.54, 1.807) is 24.0 Å². The van der Waals surface area contributed by atoms with Crippen molar-refractivity contribution in [2.45, 2.75) is 25.5 Å². The molecular formula is C18H18N2O3. The summed E-state index contributed by atoms with van der Waals surface area (Å²) in [7, 11) is 0. The third-order valence-electron chi connectivity index (χ3n) is 4.11. The Kier molecular flexibility index (Phi) is 3.88. The first-order valence-electron chi connectivity index (χ1n) is 7.41. The van der Waals surface area contributed by atoms with Crippen LogP contribution in [0.15, 0.2) is 59.8 Å². The minimum absolute atomic E-state index is 0.0371. The van der Waals surface area contributed by atoms with Gasteiger partial charge in [-0.15, -0.1) is 0 Å². The van der Waals surface area contributed by atoms with Gasteiger partial charge in [-0.1, -0.05) is 53.7 Å². The van der Waals surface area contributed by atoms with E-state index in [9.17, 15) is 9.90 Å². The molecule has 0 saturated heterocycles. The average molecular weight is 310 g/mol. The van der Waals surface area contributed by atoms with E-state index in [-0.39, 0.29) is 6.42 Å². The van der Waals surface area contributed by atoms with E-state index in [0.717, 1.165) is 5.56 Å². The van der Waals surface area contributed by atoms with E-state index in [1.165, 1.54) is 0 Å². The summed E-state index contributed by atoms with van der Waals surface area (Å²) < 4.78 is 0. The second kappa shape index (κ2) is 5.85. The van der Waals surface area contributed by atoms with Gasteiger partial charge in [-0.25, -0.2) is 0 Å². The number of fused-ring (bicyclic) bond motifs is 1. The molecular weight excluding hydrogens is 292 g/mol. The molecule has 1 aliphatic rings. The Balaban J connectivity index is 2.01. The third kappa shape index (κ3) is 2.59. The summed E-state index contributed by atoms with van der Waals surface area (Å²) in [5, 5.41) is 23.0. The number of para-hydroxylation sites is 1. The van der Waals surface area contributed by atoms with Crippen LogP contribution < -0.4 is 4.90 Å². The van der Waals surface area contributed by atoms with Gasteiger partial charge >= 0.3 is 0 Å². The van der Waals surface area contributed by atoms with Crippen molar-refractivity contribution in [3.05, 3.63) is 65.7 Å². The predicted octanol–water partition coefficient (Wildman–Crippen LogP) is 2.66.